The summed E-state index contributed by atoms with van der Waals surface area (Å²) < 4.78 is 24.3. The van der Waals surface area contributed by atoms with Crippen LogP contribution in [0.15, 0.2) is 47.5 Å². The van der Waals surface area contributed by atoms with Crippen molar-refractivity contribution in [3.05, 3.63) is 53.8 Å². The number of benzene rings is 2. The highest BCUT2D eigenvalue weighted by Gasteiger charge is 2.12. The van der Waals surface area contributed by atoms with E-state index < -0.39 is 6.10 Å². The van der Waals surface area contributed by atoms with Gasteiger partial charge in [-0.25, -0.2) is 9.38 Å². The first kappa shape index (κ1) is 19.0. The van der Waals surface area contributed by atoms with Crippen LogP contribution in [0.3, 0.4) is 0 Å². The Morgan fingerprint density at radius 2 is 1.89 bits per heavy atom. The molecule has 1 unspecified atom stereocenters. The van der Waals surface area contributed by atoms with Crippen molar-refractivity contribution < 1.29 is 19.0 Å². The molecule has 0 saturated carbocycles. The van der Waals surface area contributed by atoms with Crippen molar-refractivity contribution in [1.29, 1.82) is 0 Å². The molecular formula is C20H24FN3O3. The lowest BCUT2D eigenvalue weighted by atomic mass is 10.1. The third-order valence-corrected chi connectivity index (χ3v) is 4.03. The van der Waals surface area contributed by atoms with Crippen LogP contribution in [0.25, 0.3) is 0 Å². The van der Waals surface area contributed by atoms with Gasteiger partial charge in [0, 0.05) is 24.7 Å². The zero-order valence-electron chi connectivity index (χ0n) is 15.2. The van der Waals surface area contributed by atoms with Gasteiger partial charge in [0.25, 0.3) is 0 Å². The molecule has 1 aliphatic rings. The number of ether oxygens (including phenoxy) is 2. The van der Waals surface area contributed by atoms with Crippen LogP contribution in [0.4, 0.5) is 10.1 Å². The summed E-state index contributed by atoms with van der Waals surface area (Å²) in [5.41, 5.74) is 1.42. The summed E-state index contributed by atoms with van der Waals surface area (Å²) in [6.45, 7) is 4.04. The highest BCUT2D eigenvalue weighted by molar-refractivity contribution is 5.93. The Bertz CT molecular complexity index is 781. The molecule has 1 aliphatic heterocycles. The van der Waals surface area contributed by atoms with E-state index in [0.717, 1.165) is 17.9 Å². The quantitative estimate of drug-likeness (QED) is 0.555. The molecule has 6 nitrogen and oxygen atoms in total. The molecule has 7 heteroatoms. The number of halogens is 1. The summed E-state index contributed by atoms with van der Waals surface area (Å²) in [4.78, 5) is 4.42. The maximum atomic E-state index is 13.0. The number of nitrogens with one attached hydrogen (secondary N) is 2. The number of aliphatic hydroxyl groups is 1. The molecule has 2 aromatic carbocycles. The molecule has 0 saturated heterocycles. The van der Waals surface area contributed by atoms with Gasteiger partial charge in [0.1, 0.15) is 5.82 Å². The second-order valence-corrected chi connectivity index (χ2v) is 6.12. The number of hydrogen-bond donors (Lipinski definition) is 3. The molecule has 1 heterocycles. The average Bonchev–Trinajstić information content (AvgIpc) is 2.91. The van der Waals surface area contributed by atoms with Gasteiger partial charge in [0.2, 0.25) is 0 Å². The van der Waals surface area contributed by atoms with Gasteiger partial charge in [-0.1, -0.05) is 12.1 Å². The van der Waals surface area contributed by atoms with Crippen molar-refractivity contribution in [3.63, 3.8) is 0 Å². The Morgan fingerprint density at radius 3 is 2.63 bits per heavy atom. The van der Waals surface area contributed by atoms with E-state index in [1.54, 1.807) is 12.1 Å². The second-order valence-electron chi connectivity index (χ2n) is 6.12. The minimum Gasteiger partial charge on any atom is -0.490 e. The maximum absolute atomic E-state index is 13.0. The Balaban J connectivity index is 1.68. The first-order valence-corrected chi connectivity index (χ1v) is 9.04. The van der Waals surface area contributed by atoms with Gasteiger partial charge < -0.3 is 25.2 Å². The average molecular weight is 373 g/mol. The summed E-state index contributed by atoms with van der Waals surface area (Å²) in [6, 6.07) is 11.4. The van der Waals surface area contributed by atoms with E-state index in [2.05, 4.69) is 15.6 Å². The van der Waals surface area contributed by atoms with Crippen LogP contribution in [-0.2, 0) is 0 Å². The number of nitrogens with zero attached hydrogens (tertiary/aromatic N) is 1. The number of guanidine groups is 1. The highest BCUT2D eigenvalue weighted by atomic mass is 19.1. The van der Waals surface area contributed by atoms with E-state index in [4.69, 9.17) is 9.47 Å². The van der Waals surface area contributed by atoms with E-state index in [1.165, 1.54) is 12.1 Å². The lowest BCUT2D eigenvalue weighted by molar-refractivity contribution is 0.187. The maximum Gasteiger partial charge on any atom is 0.195 e. The Kier molecular flexibility index (Phi) is 6.49. The van der Waals surface area contributed by atoms with Gasteiger partial charge in [0.15, 0.2) is 17.5 Å². The van der Waals surface area contributed by atoms with Crippen LogP contribution in [0, 0.1) is 5.82 Å². The molecule has 3 rings (SSSR count). The van der Waals surface area contributed by atoms with Gasteiger partial charge in [-0.3, -0.25) is 0 Å². The first-order valence-electron chi connectivity index (χ1n) is 9.04. The van der Waals surface area contributed by atoms with Crippen molar-refractivity contribution in [2.24, 2.45) is 4.99 Å². The molecule has 1 atom stereocenters. The SMILES string of the molecule is CCNC(=NCC(O)c1ccc(F)cc1)Nc1ccc2c(c1)OCCCO2. The van der Waals surface area contributed by atoms with Crippen molar-refractivity contribution in [2.45, 2.75) is 19.4 Å². The molecule has 0 bridgehead atoms. The number of aliphatic hydroxyl groups excluding tert-OH is 1. The van der Waals surface area contributed by atoms with Gasteiger partial charge in [-0.15, -0.1) is 0 Å². The smallest absolute Gasteiger partial charge is 0.195 e. The summed E-state index contributed by atoms with van der Waals surface area (Å²) in [5, 5.41) is 16.6. The zero-order chi connectivity index (χ0) is 19.1. The minimum absolute atomic E-state index is 0.144. The van der Waals surface area contributed by atoms with Crippen molar-refractivity contribution in [1.82, 2.24) is 5.32 Å². The normalized spacial score (nSPS) is 15.0. The predicted molar refractivity (Wildman–Crippen MR) is 103 cm³/mol. The molecule has 0 radical (unpaired) electrons. The molecule has 144 valence electrons. The fourth-order valence-corrected chi connectivity index (χ4v) is 2.65. The van der Waals surface area contributed by atoms with E-state index in [-0.39, 0.29) is 12.4 Å². The van der Waals surface area contributed by atoms with E-state index in [9.17, 15) is 9.50 Å². The predicted octanol–water partition coefficient (Wildman–Crippen LogP) is 3.10. The number of aliphatic imine (C=N–C) groups is 1. The van der Waals surface area contributed by atoms with Crippen LogP contribution in [0.5, 0.6) is 11.5 Å². The van der Waals surface area contributed by atoms with Crippen LogP contribution in [0.1, 0.15) is 25.0 Å². The standard InChI is InChI=1S/C20H24FN3O3/c1-2-22-20(23-13-17(25)14-4-6-15(21)7-5-14)24-16-8-9-18-19(12-16)27-11-3-10-26-18/h4-9,12,17,25H,2-3,10-11,13H2,1H3,(H2,22,23,24). The second kappa shape index (κ2) is 9.23. The van der Waals surface area contributed by atoms with Crippen molar-refractivity contribution in [2.75, 3.05) is 31.6 Å². The van der Waals surface area contributed by atoms with E-state index in [1.807, 2.05) is 25.1 Å². The lowest BCUT2D eigenvalue weighted by Gasteiger charge is -2.15. The van der Waals surface area contributed by atoms with Crippen LogP contribution < -0.4 is 20.1 Å². The molecule has 27 heavy (non-hydrogen) atoms. The van der Waals surface area contributed by atoms with Crippen molar-refractivity contribution >= 4 is 11.6 Å². The fraction of sp³-hybridized carbons (Fsp3) is 0.350. The van der Waals surface area contributed by atoms with Crippen LogP contribution in [0.2, 0.25) is 0 Å². The molecular weight excluding hydrogens is 349 g/mol. The van der Waals surface area contributed by atoms with Crippen LogP contribution >= 0.6 is 0 Å². The number of fused-ring (bicyclic) bond motifs is 1. The molecule has 0 aliphatic carbocycles. The monoisotopic (exact) mass is 373 g/mol. The van der Waals surface area contributed by atoms with Crippen LogP contribution in [-0.4, -0.2) is 37.4 Å². The topological polar surface area (TPSA) is 75.1 Å². The van der Waals surface area contributed by atoms with E-state index >= 15 is 0 Å². The van der Waals surface area contributed by atoms with Gasteiger partial charge in [-0.05, 0) is 36.8 Å². The lowest BCUT2D eigenvalue weighted by Crippen LogP contribution is -2.31. The van der Waals surface area contributed by atoms with E-state index in [0.29, 0.717) is 37.0 Å². The summed E-state index contributed by atoms with van der Waals surface area (Å²) in [5.74, 6) is 1.62. The molecule has 3 N–H and O–H groups in total. The molecule has 0 amide bonds. The number of hydrogen-bond acceptors (Lipinski definition) is 4. The zero-order valence-corrected chi connectivity index (χ0v) is 15.2. The Hall–Kier alpha value is -2.80. The summed E-state index contributed by atoms with van der Waals surface area (Å²) >= 11 is 0. The van der Waals surface area contributed by atoms with Gasteiger partial charge >= 0.3 is 0 Å². The first-order chi connectivity index (χ1) is 13.2. The van der Waals surface area contributed by atoms with Crippen molar-refractivity contribution in [3.8, 4) is 11.5 Å². The summed E-state index contributed by atoms with van der Waals surface area (Å²) in [6.07, 6.45) is 0.0350. The Morgan fingerprint density at radius 1 is 1.15 bits per heavy atom. The minimum atomic E-state index is -0.815. The third-order valence-electron chi connectivity index (χ3n) is 4.03. The fourth-order valence-electron chi connectivity index (χ4n) is 2.65. The summed E-state index contributed by atoms with van der Waals surface area (Å²) in [7, 11) is 0. The number of rotatable bonds is 5. The molecule has 2 aromatic rings. The largest absolute Gasteiger partial charge is 0.490 e. The highest BCUT2D eigenvalue weighted by Crippen LogP contribution is 2.32. The van der Waals surface area contributed by atoms with Gasteiger partial charge in [0.05, 0.1) is 25.9 Å². The molecule has 0 spiro atoms. The molecule has 0 fully saturated rings. The van der Waals surface area contributed by atoms with Gasteiger partial charge in [-0.2, -0.15) is 0 Å². The third kappa shape index (κ3) is 5.34. The number of anilines is 1. The Labute approximate surface area is 158 Å². The molecule has 0 aromatic heterocycles.